The summed E-state index contributed by atoms with van der Waals surface area (Å²) in [6.45, 7) is 0.872. The van der Waals surface area contributed by atoms with Crippen LogP contribution in [0.1, 0.15) is 17.3 Å². The molecule has 0 saturated carbocycles. The summed E-state index contributed by atoms with van der Waals surface area (Å²) >= 11 is 0. The monoisotopic (exact) mass is 399 g/mol. The number of ether oxygens (including phenoxy) is 2. The van der Waals surface area contributed by atoms with Crippen LogP contribution in [0.3, 0.4) is 0 Å². The maximum Gasteiger partial charge on any atom is 0.326 e. The molecule has 4 amide bonds. The van der Waals surface area contributed by atoms with Gasteiger partial charge in [0.15, 0.2) is 6.10 Å². The molecule has 0 heterocycles. The van der Waals surface area contributed by atoms with Gasteiger partial charge < -0.3 is 20.1 Å². The molecule has 0 fully saturated rings. The van der Waals surface area contributed by atoms with Gasteiger partial charge in [0.05, 0.1) is 7.11 Å². The minimum Gasteiger partial charge on any atom is -0.497 e. The molecule has 0 aliphatic rings. The van der Waals surface area contributed by atoms with Crippen molar-refractivity contribution in [1.82, 2.24) is 10.6 Å². The second-order valence-corrected chi connectivity index (χ2v) is 5.86. The minimum atomic E-state index is -1.22. The van der Waals surface area contributed by atoms with E-state index in [-0.39, 0.29) is 0 Å². The van der Waals surface area contributed by atoms with E-state index in [1.54, 1.807) is 48.5 Å². The standard InChI is InChI=1S/C20H21N3O6/c1-13(18(25)23-20(27)22-15-8-4-3-5-9-15)29-17(24)12-21-19(26)14-7-6-10-16(11-14)28-2/h3-11,13H,12H2,1-2H3,(H,21,26)(H2,22,23,25,27). The molecule has 2 aromatic carbocycles. The fourth-order valence-corrected chi connectivity index (χ4v) is 2.21. The molecule has 9 heteroatoms. The number of anilines is 1. The Bertz CT molecular complexity index is 885. The van der Waals surface area contributed by atoms with E-state index in [1.165, 1.54) is 20.1 Å². The van der Waals surface area contributed by atoms with E-state index >= 15 is 0 Å². The lowest BCUT2D eigenvalue weighted by Crippen LogP contribution is -2.42. The molecule has 29 heavy (non-hydrogen) atoms. The van der Waals surface area contributed by atoms with E-state index in [4.69, 9.17) is 9.47 Å². The van der Waals surface area contributed by atoms with E-state index in [0.717, 1.165) is 0 Å². The molecule has 2 aromatic rings. The number of hydrogen-bond acceptors (Lipinski definition) is 6. The van der Waals surface area contributed by atoms with Crippen LogP contribution in [0, 0.1) is 0 Å². The molecule has 0 aliphatic heterocycles. The van der Waals surface area contributed by atoms with Crippen molar-refractivity contribution >= 4 is 29.5 Å². The number of methoxy groups -OCH3 is 1. The first-order valence-corrected chi connectivity index (χ1v) is 8.67. The Labute approximate surface area is 167 Å². The van der Waals surface area contributed by atoms with Crippen molar-refractivity contribution in [3.63, 3.8) is 0 Å². The van der Waals surface area contributed by atoms with Crippen molar-refractivity contribution < 1.29 is 28.7 Å². The minimum absolute atomic E-state index is 0.306. The van der Waals surface area contributed by atoms with E-state index in [0.29, 0.717) is 17.0 Å². The first kappa shape index (κ1) is 21.4. The number of hydrogen-bond donors (Lipinski definition) is 3. The lowest BCUT2D eigenvalue weighted by molar-refractivity contribution is -0.153. The molecule has 0 radical (unpaired) electrons. The molecule has 0 bridgehead atoms. The fraction of sp³-hybridized carbons (Fsp3) is 0.200. The third-order valence-electron chi connectivity index (χ3n) is 3.67. The second-order valence-electron chi connectivity index (χ2n) is 5.86. The largest absolute Gasteiger partial charge is 0.497 e. The number of imide groups is 1. The number of urea groups is 1. The Balaban J connectivity index is 1.76. The Kier molecular flexibility index (Phi) is 7.72. The van der Waals surface area contributed by atoms with Gasteiger partial charge in [0.25, 0.3) is 11.8 Å². The second kappa shape index (κ2) is 10.5. The zero-order chi connectivity index (χ0) is 21.2. The molecular formula is C20H21N3O6. The van der Waals surface area contributed by atoms with Crippen molar-refractivity contribution in [2.24, 2.45) is 0 Å². The summed E-state index contributed by atoms with van der Waals surface area (Å²) in [5.74, 6) is -1.63. The summed E-state index contributed by atoms with van der Waals surface area (Å²) in [6.07, 6.45) is -1.22. The summed E-state index contributed by atoms with van der Waals surface area (Å²) in [5, 5.41) is 6.93. The van der Waals surface area contributed by atoms with Gasteiger partial charge in [0.2, 0.25) is 0 Å². The van der Waals surface area contributed by atoms with Crippen molar-refractivity contribution in [1.29, 1.82) is 0 Å². The van der Waals surface area contributed by atoms with Crippen LogP contribution in [0.2, 0.25) is 0 Å². The Morgan fingerprint density at radius 1 is 1.00 bits per heavy atom. The van der Waals surface area contributed by atoms with Crippen molar-refractivity contribution in [3.8, 4) is 5.75 Å². The van der Waals surface area contributed by atoms with Crippen LogP contribution < -0.4 is 20.7 Å². The number of benzene rings is 2. The number of carbonyl (C=O) groups excluding carboxylic acids is 4. The highest BCUT2D eigenvalue weighted by atomic mass is 16.5. The van der Waals surface area contributed by atoms with Gasteiger partial charge in [-0.05, 0) is 37.3 Å². The van der Waals surface area contributed by atoms with Gasteiger partial charge in [-0.25, -0.2) is 4.79 Å². The summed E-state index contributed by atoms with van der Waals surface area (Å²) in [4.78, 5) is 47.6. The molecular weight excluding hydrogens is 378 g/mol. The summed E-state index contributed by atoms with van der Waals surface area (Å²) < 4.78 is 9.95. The maximum atomic E-state index is 12.0. The average Bonchev–Trinajstić information content (AvgIpc) is 2.72. The van der Waals surface area contributed by atoms with Crippen molar-refractivity contribution in [2.45, 2.75) is 13.0 Å². The van der Waals surface area contributed by atoms with Gasteiger partial charge in [0, 0.05) is 11.3 Å². The number of amides is 4. The first-order chi connectivity index (χ1) is 13.9. The number of para-hydroxylation sites is 1. The summed E-state index contributed by atoms with van der Waals surface area (Å²) in [7, 11) is 1.47. The molecule has 152 valence electrons. The molecule has 2 rings (SSSR count). The Hall–Kier alpha value is -3.88. The molecule has 1 unspecified atom stereocenters. The third kappa shape index (κ3) is 6.98. The summed E-state index contributed by atoms with van der Waals surface area (Å²) in [6, 6.07) is 14.2. The molecule has 0 spiro atoms. The smallest absolute Gasteiger partial charge is 0.326 e. The highest BCUT2D eigenvalue weighted by molar-refractivity contribution is 6.03. The summed E-state index contributed by atoms with van der Waals surface area (Å²) in [5.41, 5.74) is 0.809. The lowest BCUT2D eigenvalue weighted by Gasteiger charge is -2.14. The highest BCUT2D eigenvalue weighted by Gasteiger charge is 2.20. The van der Waals surface area contributed by atoms with Crippen LogP contribution >= 0.6 is 0 Å². The number of esters is 1. The number of rotatable bonds is 7. The van der Waals surface area contributed by atoms with Crippen LogP contribution in [-0.4, -0.2) is 43.6 Å². The van der Waals surface area contributed by atoms with Gasteiger partial charge in [-0.1, -0.05) is 24.3 Å². The first-order valence-electron chi connectivity index (χ1n) is 8.67. The van der Waals surface area contributed by atoms with Gasteiger partial charge in [-0.15, -0.1) is 0 Å². The van der Waals surface area contributed by atoms with Gasteiger partial charge in [0.1, 0.15) is 12.3 Å². The molecule has 0 aromatic heterocycles. The van der Waals surface area contributed by atoms with Crippen molar-refractivity contribution in [3.05, 3.63) is 60.2 Å². The molecule has 1 atom stereocenters. The number of carbonyl (C=O) groups is 4. The average molecular weight is 399 g/mol. The van der Waals surface area contributed by atoms with Crippen LogP contribution in [0.15, 0.2) is 54.6 Å². The van der Waals surface area contributed by atoms with E-state index in [9.17, 15) is 19.2 Å². The lowest BCUT2D eigenvalue weighted by atomic mass is 10.2. The van der Waals surface area contributed by atoms with Gasteiger partial charge in [-0.3, -0.25) is 19.7 Å². The Morgan fingerprint density at radius 3 is 2.41 bits per heavy atom. The predicted octanol–water partition coefficient (Wildman–Crippen LogP) is 1.70. The van der Waals surface area contributed by atoms with Crippen molar-refractivity contribution in [2.75, 3.05) is 19.0 Å². The molecule has 3 N–H and O–H groups in total. The van der Waals surface area contributed by atoms with Crippen LogP contribution in [0.25, 0.3) is 0 Å². The fourth-order valence-electron chi connectivity index (χ4n) is 2.21. The van der Waals surface area contributed by atoms with E-state index in [1.807, 2.05) is 0 Å². The van der Waals surface area contributed by atoms with E-state index in [2.05, 4.69) is 16.0 Å². The predicted molar refractivity (Wildman–Crippen MR) is 104 cm³/mol. The molecule has 0 saturated heterocycles. The van der Waals surface area contributed by atoms with Crippen LogP contribution in [-0.2, 0) is 14.3 Å². The maximum absolute atomic E-state index is 12.0. The zero-order valence-electron chi connectivity index (χ0n) is 15.9. The Morgan fingerprint density at radius 2 is 1.72 bits per heavy atom. The van der Waals surface area contributed by atoms with Gasteiger partial charge >= 0.3 is 12.0 Å². The third-order valence-corrected chi connectivity index (χ3v) is 3.67. The van der Waals surface area contributed by atoms with Gasteiger partial charge in [-0.2, -0.15) is 0 Å². The number of nitrogens with one attached hydrogen (secondary N) is 3. The molecule has 9 nitrogen and oxygen atoms in total. The quantitative estimate of drug-likeness (QED) is 0.609. The highest BCUT2D eigenvalue weighted by Crippen LogP contribution is 2.12. The van der Waals surface area contributed by atoms with Crippen LogP contribution in [0.4, 0.5) is 10.5 Å². The van der Waals surface area contributed by atoms with Crippen LogP contribution in [0.5, 0.6) is 5.75 Å². The zero-order valence-corrected chi connectivity index (χ0v) is 15.9. The van der Waals surface area contributed by atoms with E-state index < -0.39 is 36.5 Å². The normalized spacial score (nSPS) is 11.0. The SMILES string of the molecule is COc1cccc(C(=O)NCC(=O)OC(C)C(=O)NC(=O)Nc2ccccc2)c1. The topological polar surface area (TPSA) is 123 Å². The molecule has 0 aliphatic carbocycles.